The van der Waals surface area contributed by atoms with E-state index in [1.54, 1.807) is 0 Å². The first kappa shape index (κ1) is 14.7. The van der Waals surface area contributed by atoms with Crippen LogP contribution in [0, 0.1) is 6.92 Å². The van der Waals surface area contributed by atoms with Gasteiger partial charge in [0, 0.05) is 14.8 Å². The van der Waals surface area contributed by atoms with Gasteiger partial charge in [0.2, 0.25) is 0 Å². The molecule has 0 unspecified atom stereocenters. The Labute approximate surface area is 114 Å². The van der Waals surface area contributed by atoms with Gasteiger partial charge in [0.1, 0.15) is 0 Å². The third-order valence-electron chi connectivity index (χ3n) is 2.51. The van der Waals surface area contributed by atoms with E-state index in [1.807, 2.05) is 11.8 Å². The van der Waals surface area contributed by atoms with Gasteiger partial charge in [0.05, 0.1) is 0 Å². The molecule has 0 spiro atoms. The minimum absolute atomic E-state index is 0.996. The molecule has 0 aliphatic rings. The molecule has 0 heterocycles. The smallest absolute Gasteiger partial charge is 0.0279 e. The fourth-order valence-electron chi connectivity index (χ4n) is 1.58. The molecule has 1 aromatic rings. The van der Waals surface area contributed by atoms with Crippen molar-refractivity contribution in [3.05, 3.63) is 39.8 Å². The standard InChI is InChI=1S/C15H21ClS/c1-4-6-14(16)15(7-5-2)17-13-10-8-12(3)9-11-13/h8-11H,4-7H2,1-3H3/b15-14+. The van der Waals surface area contributed by atoms with Crippen molar-refractivity contribution in [3.8, 4) is 0 Å². The molecule has 0 saturated carbocycles. The summed E-state index contributed by atoms with van der Waals surface area (Å²) in [5.41, 5.74) is 1.30. The average Bonchev–Trinajstić information content (AvgIpc) is 2.31. The highest BCUT2D eigenvalue weighted by molar-refractivity contribution is 8.03. The van der Waals surface area contributed by atoms with Crippen LogP contribution in [0.3, 0.4) is 0 Å². The predicted molar refractivity (Wildman–Crippen MR) is 79.7 cm³/mol. The average molecular weight is 269 g/mol. The van der Waals surface area contributed by atoms with Gasteiger partial charge < -0.3 is 0 Å². The Balaban J connectivity index is 2.79. The van der Waals surface area contributed by atoms with E-state index in [0.717, 1.165) is 30.7 Å². The topological polar surface area (TPSA) is 0 Å². The van der Waals surface area contributed by atoms with Gasteiger partial charge >= 0.3 is 0 Å². The van der Waals surface area contributed by atoms with Gasteiger partial charge in [0.25, 0.3) is 0 Å². The fourth-order valence-corrected chi connectivity index (χ4v) is 3.05. The van der Waals surface area contributed by atoms with Crippen molar-refractivity contribution >= 4 is 23.4 Å². The van der Waals surface area contributed by atoms with Crippen LogP contribution in [0.15, 0.2) is 39.1 Å². The van der Waals surface area contributed by atoms with Crippen molar-refractivity contribution in [2.75, 3.05) is 0 Å². The highest BCUT2D eigenvalue weighted by atomic mass is 35.5. The summed E-state index contributed by atoms with van der Waals surface area (Å²) in [4.78, 5) is 2.62. The van der Waals surface area contributed by atoms with E-state index in [0.29, 0.717) is 0 Å². The maximum absolute atomic E-state index is 6.37. The van der Waals surface area contributed by atoms with Crippen molar-refractivity contribution in [1.82, 2.24) is 0 Å². The van der Waals surface area contributed by atoms with Crippen LogP contribution in [0.1, 0.15) is 45.1 Å². The molecular weight excluding hydrogens is 248 g/mol. The maximum Gasteiger partial charge on any atom is 0.0279 e. The summed E-state index contributed by atoms with van der Waals surface area (Å²) >= 11 is 8.18. The zero-order valence-electron chi connectivity index (χ0n) is 10.9. The Bertz CT molecular complexity index is 365. The fraction of sp³-hybridized carbons (Fsp3) is 0.467. The number of thioether (sulfide) groups is 1. The van der Waals surface area contributed by atoms with Crippen LogP contribution in [0.2, 0.25) is 0 Å². The van der Waals surface area contributed by atoms with Crippen molar-refractivity contribution < 1.29 is 0 Å². The van der Waals surface area contributed by atoms with E-state index in [1.165, 1.54) is 15.4 Å². The second-order valence-electron chi connectivity index (χ2n) is 4.24. The van der Waals surface area contributed by atoms with E-state index in [4.69, 9.17) is 11.6 Å². The lowest BCUT2D eigenvalue weighted by Gasteiger charge is -2.09. The number of halogens is 1. The molecule has 0 amide bonds. The normalized spacial score (nSPS) is 12.5. The number of allylic oxidation sites excluding steroid dienone is 2. The molecule has 0 bridgehead atoms. The Hall–Kier alpha value is -0.400. The number of hydrogen-bond donors (Lipinski definition) is 0. The monoisotopic (exact) mass is 268 g/mol. The van der Waals surface area contributed by atoms with Crippen LogP contribution in [0.25, 0.3) is 0 Å². The Morgan fingerprint density at radius 3 is 2.18 bits per heavy atom. The number of aryl methyl sites for hydroxylation is 1. The van der Waals surface area contributed by atoms with Crippen LogP contribution < -0.4 is 0 Å². The van der Waals surface area contributed by atoms with E-state index in [9.17, 15) is 0 Å². The molecule has 0 N–H and O–H groups in total. The van der Waals surface area contributed by atoms with Crippen molar-refractivity contribution in [2.45, 2.75) is 51.3 Å². The minimum atomic E-state index is 0.996. The summed E-state index contributed by atoms with van der Waals surface area (Å²) in [6.07, 6.45) is 4.34. The first-order valence-corrected chi connectivity index (χ1v) is 7.48. The lowest BCUT2D eigenvalue weighted by Crippen LogP contribution is -1.84. The molecule has 17 heavy (non-hydrogen) atoms. The van der Waals surface area contributed by atoms with Crippen LogP contribution in [0.5, 0.6) is 0 Å². The van der Waals surface area contributed by atoms with E-state index in [2.05, 4.69) is 45.0 Å². The summed E-state index contributed by atoms with van der Waals surface area (Å²) in [7, 11) is 0. The quantitative estimate of drug-likeness (QED) is 0.559. The van der Waals surface area contributed by atoms with Crippen LogP contribution >= 0.6 is 23.4 Å². The number of benzene rings is 1. The third kappa shape index (κ3) is 5.18. The van der Waals surface area contributed by atoms with Crippen molar-refractivity contribution in [2.24, 2.45) is 0 Å². The first-order valence-electron chi connectivity index (χ1n) is 6.29. The highest BCUT2D eigenvalue weighted by Gasteiger charge is 2.06. The summed E-state index contributed by atoms with van der Waals surface area (Å²) in [5, 5.41) is 1.04. The van der Waals surface area contributed by atoms with Gasteiger partial charge in [-0.05, 0) is 31.9 Å². The van der Waals surface area contributed by atoms with Crippen LogP contribution in [-0.4, -0.2) is 0 Å². The Morgan fingerprint density at radius 1 is 1.06 bits per heavy atom. The molecule has 1 rings (SSSR count). The Kier molecular flexibility index (Phi) is 6.76. The van der Waals surface area contributed by atoms with Gasteiger partial charge in [-0.25, -0.2) is 0 Å². The zero-order chi connectivity index (χ0) is 12.7. The van der Waals surface area contributed by atoms with Crippen molar-refractivity contribution in [3.63, 3.8) is 0 Å². The molecule has 0 aromatic heterocycles. The molecule has 0 radical (unpaired) electrons. The molecule has 1 aromatic carbocycles. The minimum Gasteiger partial charge on any atom is -0.0933 e. The van der Waals surface area contributed by atoms with Gasteiger partial charge in [-0.15, -0.1) is 0 Å². The van der Waals surface area contributed by atoms with Crippen LogP contribution in [0.4, 0.5) is 0 Å². The second kappa shape index (κ2) is 7.84. The zero-order valence-corrected chi connectivity index (χ0v) is 12.5. The van der Waals surface area contributed by atoms with Crippen LogP contribution in [-0.2, 0) is 0 Å². The molecule has 0 fully saturated rings. The molecule has 94 valence electrons. The molecular formula is C15H21ClS. The summed E-state index contributed by atoms with van der Waals surface area (Å²) in [6, 6.07) is 8.65. The largest absolute Gasteiger partial charge is 0.0933 e. The summed E-state index contributed by atoms with van der Waals surface area (Å²) in [5.74, 6) is 0. The lowest BCUT2D eigenvalue weighted by atomic mass is 10.2. The lowest BCUT2D eigenvalue weighted by molar-refractivity contribution is 0.901. The van der Waals surface area contributed by atoms with E-state index >= 15 is 0 Å². The summed E-state index contributed by atoms with van der Waals surface area (Å²) < 4.78 is 0. The first-order chi connectivity index (χ1) is 8.17. The van der Waals surface area contributed by atoms with Gasteiger partial charge in [-0.1, -0.05) is 67.7 Å². The molecule has 0 nitrogen and oxygen atoms in total. The number of hydrogen-bond acceptors (Lipinski definition) is 1. The molecule has 2 heteroatoms. The van der Waals surface area contributed by atoms with Gasteiger partial charge in [-0.2, -0.15) is 0 Å². The molecule has 0 aliphatic heterocycles. The van der Waals surface area contributed by atoms with E-state index in [-0.39, 0.29) is 0 Å². The van der Waals surface area contributed by atoms with Gasteiger partial charge in [0.15, 0.2) is 0 Å². The summed E-state index contributed by atoms with van der Waals surface area (Å²) in [6.45, 7) is 6.48. The molecule has 0 atom stereocenters. The SMILES string of the molecule is CCC/C(Cl)=C(/CCC)Sc1ccc(C)cc1. The predicted octanol–water partition coefficient (Wildman–Crippen LogP) is 6.14. The Morgan fingerprint density at radius 2 is 1.65 bits per heavy atom. The van der Waals surface area contributed by atoms with E-state index < -0.39 is 0 Å². The second-order valence-corrected chi connectivity index (χ2v) is 5.87. The van der Waals surface area contributed by atoms with Crippen molar-refractivity contribution in [1.29, 1.82) is 0 Å². The van der Waals surface area contributed by atoms with Gasteiger partial charge in [-0.3, -0.25) is 0 Å². The number of rotatable bonds is 6. The molecule has 0 aliphatic carbocycles. The molecule has 0 saturated heterocycles. The highest BCUT2D eigenvalue weighted by Crippen LogP contribution is 2.35. The third-order valence-corrected chi connectivity index (χ3v) is 4.25. The maximum atomic E-state index is 6.37.